The van der Waals surface area contributed by atoms with Crippen LogP contribution in [0.25, 0.3) is 15.9 Å². The van der Waals surface area contributed by atoms with Crippen LogP contribution in [-0.2, 0) is 0 Å². The molecule has 1 fully saturated rings. The first-order chi connectivity index (χ1) is 15.1. The zero-order chi connectivity index (χ0) is 21.4. The van der Waals surface area contributed by atoms with Gasteiger partial charge in [0.15, 0.2) is 0 Å². The summed E-state index contributed by atoms with van der Waals surface area (Å²) in [5.41, 5.74) is 2.17. The number of anilines is 1. The molecular weight excluding hydrogens is 430 g/mol. The number of halogens is 1. The van der Waals surface area contributed by atoms with Crippen molar-refractivity contribution in [3.05, 3.63) is 81.2 Å². The Kier molecular flexibility index (Phi) is 5.48. The summed E-state index contributed by atoms with van der Waals surface area (Å²) in [5, 5.41) is 5.72. The summed E-state index contributed by atoms with van der Waals surface area (Å²) >= 11 is 8.24. The van der Waals surface area contributed by atoms with Gasteiger partial charge in [0.1, 0.15) is 10.0 Å². The van der Waals surface area contributed by atoms with Crippen LogP contribution in [0, 0.1) is 0 Å². The smallest absolute Gasteiger partial charge is 0.292 e. The van der Waals surface area contributed by atoms with Crippen LogP contribution in [0.4, 0.5) is 5.69 Å². The zero-order valence-electron chi connectivity index (χ0n) is 17.1. The molecular formula is C23H22ClN5OS. The highest BCUT2D eigenvalue weighted by molar-refractivity contribution is 7.18. The highest BCUT2D eigenvalue weighted by atomic mass is 35.5. The van der Waals surface area contributed by atoms with Crippen LogP contribution in [0.5, 0.6) is 0 Å². The summed E-state index contributed by atoms with van der Waals surface area (Å²) in [6.07, 6.45) is 1.70. The normalized spacial score (nSPS) is 16.0. The molecule has 0 aliphatic carbocycles. The van der Waals surface area contributed by atoms with Gasteiger partial charge in [-0.2, -0.15) is 9.78 Å². The molecule has 0 unspecified atom stereocenters. The van der Waals surface area contributed by atoms with Gasteiger partial charge in [-0.05, 0) is 31.2 Å². The van der Waals surface area contributed by atoms with Crippen LogP contribution < -0.4 is 10.5 Å². The van der Waals surface area contributed by atoms with E-state index in [-0.39, 0.29) is 16.6 Å². The number of aromatic nitrogens is 3. The maximum Gasteiger partial charge on any atom is 0.292 e. The Bertz CT molecular complexity index is 1230. The number of para-hydroxylation sites is 2. The third-order valence-electron chi connectivity index (χ3n) is 5.77. The number of hydrogen-bond acceptors (Lipinski definition) is 6. The first kappa shape index (κ1) is 20.2. The highest BCUT2D eigenvalue weighted by Crippen LogP contribution is 2.31. The predicted molar refractivity (Wildman–Crippen MR) is 127 cm³/mol. The average molecular weight is 452 g/mol. The SMILES string of the molecule is C[C@@H](c1nc2ccccc2s1)N1CCN(c2cnn(-c3ccccc3)c(=O)c2Cl)CC1. The summed E-state index contributed by atoms with van der Waals surface area (Å²) in [6.45, 7) is 5.52. The molecule has 1 aliphatic rings. The molecule has 4 aromatic rings. The van der Waals surface area contributed by atoms with Gasteiger partial charge >= 0.3 is 0 Å². The Morgan fingerprint density at radius 1 is 1.00 bits per heavy atom. The Morgan fingerprint density at radius 3 is 2.45 bits per heavy atom. The molecule has 0 spiro atoms. The van der Waals surface area contributed by atoms with Crippen LogP contribution in [0.1, 0.15) is 18.0 Å². The Balaban J connectivity index is 1.31. The molecule has 158 valence electrons. The van der Waals surface area contributed by atoms with Gasteiger partial charge in [-0.3, -0.25) is 9.69 Å². The van der Waals surface area contributed by atoms with Crippen molar-refractivity contribution in [2.45, 2.75) is 13.0 Å². The highest BCUT2D eigenvalue weighted by Gasteiger charge is 2.26. The van der Waals surface area contributed by atoms with E-state index in [0.717, 1.165) is 36.7 Å². The average Bonchev–Trinajstić information content (AvgIpc) is 3.25. The number of nitrogens with zero attached hydrogens (tertiary/aromatic N) is 5. The molecule has 5 rings (SSSR count). The van der Waals surface area contributed by atoms with Crippen molar-refractivity contribution in [2.75, 3.05) is 31.1 Å². The van der Waals surface area contributed by atoms with Gasteiger partial charge in [-0.1, -0.05) is 41.9 Å². The summed E-state index contributed by atoms with van der Waals surface area (Å²) in [5.74, 6) is 0. The third-order valence-corrected chi connectivity index (χ3v) is 7.33. The summed E-state index contributed by atoms with van der Waals surface area (Å²) < 4.78 is 2.57. The quantitative estimate of drug-likeness (QED) is 0.461. The second-order valence-corrected chi connectivity index (χ2v) is 9.06. The largest absolute Gasteiger partial charge is 0.366 e. The van der Waals surface area contributed by atoms with E-state index in [2.05, 4.69) is 40.0 Å². The van der Waals surface area contributed by atoms with Crippen molar-refractivity contribution >= 4 is 38.8 Å². The molecule has 3 heterocycles. The predicted octanol–water partition coefficient (Wildman–Crippen LogP) is 4.38. The van der Waals surface area contributed by atoms with E-state index >= 15 is 0 Å². The van der Waals surface area contributed by atoms with Gasteiger partial charge in [0.2, 0.25) is 0 Å². The van der Waals surface area contributed by atoms with E-state index in [0.29, 0.717) is 11.4 Å². The van der Waals surface area contributed by atoms with E-state index < -0.39 is 0 Å². The van der Waals surface area contributed by atoms with Crippen molar-refractivity contribution in [2.24, 2.45) is 0 Å². The van der Waals surface area contributed by atoms with Crippen LogP contribution >= 0.6 is 22.9 Å². The fourth-order valence-corrected chi connectivity index (χ4v) is 5.27. The van der Waals surface area contributed by atoms with Crippen molar-refractivity contribution in [1.29, 1.82) is 0 Å². The van der Waals surface area contributed by atoms with Crippen LogP contribution in [0.3, 0.4) is 0 Å². The number of benzene rings is 2. The minimum Gasteiger partial charge on any atom is -0.366 e. The third kappa shape index (κ3) is 3.84. The second kappa shape index (κ2) is 8.42. The summed E-state index contributed by atoms with van der Waals surface area (Å²) in [4.78, 5) is 22.2. The maximum atomic E-state index is 12.8. The Morgan fingerprint density at radius 2 is 1.71 bits per heavy atom. The number of fused-ring (bicyclic) bond motifs is 1. The topological polar surface area (TPSA) is 54.3 Å². The standard InChI is InChI=1S/C23H22ClN5OS/c1-16(22-26-18-9-5-6-10-20(18)31-22)27-11-13-28(14-12-27)19-15-25-29(23(30)21(19)24)17-7-3-2-4-8-17/h2-10,15-16H,11-14H2,1H3/t16-/m0/s1. The monoisotopic (exact) mass is 451 g/mol. The molecule has 0 N–H and O–H groups in total. The number of hydrogen-bond donors (Lipinski definition) is 0. The van der Waals surface area contributed by atoms with E-state index in [1.54, 1.807) is 17.5 Å². The maximum absolute atomic E-state index is 12.8. The number of thiazole rings is 1. The van der Waals surface area contributed by atoms with Gasteiger partial charge in [-0.15, -0.1) is 11.3 Å². The molecule has 0 saturated carbocycles. The molecule has 6 nitrogen and oxygen atoms in total. The second-order valence-electron chi connectivity index (χ2n) is 7.62. The molecule has 1 atom stereocenters. The molecule has 1 saturated heterocycles. The van der Waals surface area contributed by atoms with Gasteiger partial charge in [0.25, 0.3) is 5.56 Å². The van der Waals surface area contributed by atoms with Gasteiger partial charge in [-0.25, -0.2) is 4.98 Å². The zero-order valence-corrected chi connectivity index (χ0v) is 18.7. The van der Waals surface area contributed by atoms with E-state index in [1.807, 2.05) is 36.4 Å². The van der Waals surface area contributed by atoms with Gasteiger partial charge in [0.05, 0.1) is 33.8 Å². The molecule has 2 aromatic heterocycles. The summed E-state index contributed by atoms with van der Waals surface area (Å²) in [6, 6.07) is 17.8. The van der Waals surface area contributed by atoms with Crippen LogP contribution in [0.15, 0.2) is 65.6 Å². The van der Waals surface area contributed by atoms with Crippen molar-refractivity contribution < 1.29 is 0 Å². The minimum absolute atomic E-state index is 0.214. The lowest BCUT2D eigenvalue weighted by Crippen LogP contribution is -2.47. The lowest BCUT2D eigenvalue weighted by molar-refractivity contribution is 0.198. The number of piperazine rings is 1. The van der Waals surface area contributed by atoms with Crippen molar-refractivity contribution in [3.63, 3.8) is 0 Å². The molecule has 0 amide bonds. The van der Waals surface area contributed by atoms with Gasteiger partial charge < -0.3 is 4.90 Å². The molecule has 0 radical (unpaired) electrons. The van der Waals surface area contributed by atoms with E-state index in [9.17, 15) is 4.79 Å². The number of rotatable bonds is 4. The fourth-order valence-electron chi connectivity index (χ4n) is 3.97. The molecule has 0 bridgehead atoms. The van der Waals surface area contributed by atoms with E-state index in [4.69, 9.17) is 16.6 Å². The lowest BCUT2D eigenvalue weighted by Gasteiger charge is -2.38. The Labute approximate surface area is 189 Å². The molecule has 2 aromatic carbocycles. The molecule has 8 heteroatoms. The Hall–Kier alpha value is -2.74. The first-order valence-corrected chi connectivity index (χ1v) is 11.5. The van der Waals surface area contributed by atoms with Crippen LogP contribution in [-0.4, -0.2) is 45.8 Å². The molecule has 31 heavy (non-hydrogen) atoms. The molecule has 1 aliphatic heterocycles. The fraction of sp³-hybridized carbons (Fsp3) is 0.261. The van der Waals surface area contributed by atoms with E-state index in [1.165, 1.54) is 9.38 Å². The van der Waals surface area contributed by atoms with Gasteiger partial charge in [0, 0.05) is 26.2 Å². The summed E-state index contributed by atoms with van der Waals surface area (Å²) in [7, 11) is 0. The van der Waals surface area contributed by atoms with Crippen LogP contribution in [0.2, 0.25) is 5.02 Å². The van der Waals surface area contributed by atoms with Crippen molar-refractivity contribution in [1.82, 2.24) is 19.7 Å². The first-order valence-electron chi connectivity index (χ1n) is 10.3. The van der Waals surface area contributed by atoms with Crippen molar-refractivity contribution in [3.8, 4) is 5.69 Å². The minimum atomic E-state index is -0.296. The lowest BCUT2D eigenvalue weighted by atomic mass is 10.2.